The van der Waals surface area contributed by atoms with Gasteiger partial charge in [-0.15, -0.1) is 0 Å². The molecule has 0 aliphatic rings. The molecule has 1 heteroatoms. The minimum atomic E-state index is 0.966. The quantitative estimate of drug-likeness (QED) is 0.471. The molecule has 0 aromatic heterocycles. The van der Waals surface area contributed by atoms with Gasteiger partial charge >= 0.3 is 0 Å². The molecule has 0 fully saturated rings. The van der Waals surface area contributed by atoms with E-state index < -0.39 is 0 Å². The Morgan fingerprint density at radius 3 is 2.50 bits per heavy atom. The van der Waals surface area contributed by atoms with Gasteiger partial charge in [-0.2, -0.15) is 0 Å². The fraction of sp³-hybridized carbons (Fsp3) is 0.455. The SMILES string of the molecule is C/C=C/C=C\C=C/CNCCC. The smallest absolute Gasteiger partial charge is 0.0137 e. The Morgan fingerprint density at radius 2 is 1.83 bits per heavy atom. The average Bonchev–Trinajstić information content (AvgIpc) is 2.10. The van der Waals surface area contributed by atoms with Gasteiger partial charge in [0.25, 0.3) is 0 Å². The molecule has 0 aliphatic carbocycles. The summed E-state index contributed by atoms with van der Waals surface area (Å²) in [5.41, 5.74) is 0. The largest absolute Gasteiger partial charge is 0.313 e. The van der Waals surface area contributed by atoms with Crippen LogP contribution in [0.1, 0.15) is 20.3 Å². The second kappa shape index (κ2) is 10.2. The van der Waals surface area contributed by atoms with E-state index in [4.69, 9.17) is 0 Å². The molecule has 0 aromatic rings. The first kappa shape index (κ1) is 11.2. The van der Waals surface area contributed by atoms with E-state index in [0.29, 0.717) is 0 Å². The topological polar surface area (TPSA) is 12.0 Å². The first-order valence-electron chi connectivity index (χ1n) is 4.57. The Bertz CT molecular complexity index is 154. The van der Waals surface area contributed by atoms with Crippen LogP contribution in [0.25, 0.3) is 0 Å². The molecule has 68 valence electrons. The van der Waals surface area contributed by atoms with E-state index in [0.717, 1.165) is 13.1 Å². The molecule has 0 spiro atoms. The summed E-state index contributed by atoms with van der Waals surface area (Å²) in [7, 11) is 0. The molecule has 12 heavy (non-hydrogen) atoms. The maximum Gasteiger partial charge on any atom is 0.0137 e. The van der Waals surface area contributed by atoms with Crippen LogP contribution in [0.5, 0.6) is 0 Å². The van der Waals surface area contributed by atoms with Crippen LogP contribution in [0, 0.1) is 0 Å². The van der Waals surface area contributed by atoms with Crippen molar-refractivity contribution in [1.29, 1.82) is 0 Å². The van der Waals surface area contributed by atoms with Crippen LogP contribution in [0.15, 0.2) is 36.5 Å². The van der Waals surface area contributed by atoms with Gasteiger partial charge in [-0.05, 0) is 19.9 Å². The van der Waals surface area contributed by atoms with Crippen LogP contribution in [-0.4, -0.2) is 13.1 Å². The predicted octanol–water partition coefficient (Wildman–Crippen LogP) is 2.67. The molecule has 0 aromatic carbocycles. The number of hydrogen-bond donors (Lipinski definition) is 1. The van der Waals surface area contributed by atoms with Gasteiger partial charge in [0.15, 0.2) is 0 Å². The van der Waals surface area contributed by atoms with E-state index in [1.807, 2.05) is 31.2 Å². The van der Waals surface area contributed by atoms with Crippen molar-refractivity contribution < 1.29 is 0 Å². The van der Waals surface area contributed by atoms with E-state index in [1.54, 1.807) is 0 Å². The van der Waals surface area contributed by atoms with Gasteiger partial charge in [-0.3, -0.25) is 0 Å². The van der Waals surface area contributed by atoms with Crippen molar-refractivity contribution in [3.63, 3.8) is 0 Å². The van der Waals surface area contributed by atoms with Crippen molar-refractivity contribution in [3.8, 4) is 0 Å². The van der Waals surface area contributed by atoms with E-state index in [1.165, 1.54) is 6.42 Å². The lowest BCUT2D eigenvalue weighted by Gasteiger charge is -1.94. The summed E-state index contributed by atoms with van der Waals surface area (Å²) >= 11 is 0. The van der Waals surface area contributed by atoms with Gasteiger partial charge in [0.1, 0.15) is 0 Å². The molecule has 1 N–H and O–H groups in total. The van der Waals surface area contributed by atoms with Gasteiger partial charge in [-0.25, -0.2) is 0 Å². The second-order valence-electron chi connectivity index (χ2n) is 2.54. The van der Waals surface area contributed by atoms with Crippen LogP contribution < -0.4 is 5.32 Å². The number of allylic oxidation sites excluding steroid dienone is 5. The first-order valence-corrected chi connectivity index (χ1v) is 4.57. The molecule has 0 atom stereocenters. The summed E-state index contributed by atoms with van der Waals surface area (Å²) in [6.45, 7) is 6.25. The lowest BCUT2D eigenvalue weighted by atomic mass is 10.4. The molecule has 1 nitrogen and oxygen atoms in total. The molecule has 0 heterocycles. The van der Waals surface area contributed by atoms with Gasteiger partial charge < -0.3 is 5.32 Å². The van der Waals surface area contributed by atoms with E-state index in [-0.39, 0.29) is 0 Å². The van der Waals surface area contributed by atoms with Crippen molar-refractivity contribution in [2.75, 3.05) is 13.1 Å². The predicted molar refractivity (Wildman–Crippen MR) is 56.3 cm³/mol. The molecule has 0 rings (SSSR count). The van der Waals surface area contributed by atoms with Crippen molar-refractivity contribution in [3.05, 3.63) is 36.5 Å². The summed E-state index contributed by atoms with van der Waals surface area (Å²) in [4.78, 5) is 0. The highest BCUT2D eigenvalue weighted by molar-refractivity contribution is 5.10. The number of hydrogen-bond acceptors (Lipinski definition) is 1. The average molecular weight is 165 g/mol. The van der Waals surface area contributed by atoms with Crippen LogP contribution in [0.3, 0.4) is 0 Å². The molecule has 0 bridgehead atoms. The third-order valence-corrected chi connectivity index (χ3v) is 1.35. The molecular weight excluding hydrogens is 146 g/mol. The van der Waals surface area contributed by atoms with Crippen molar-refractivity contribution in [1.82, 2.24) is 5.32 Å². The highest BCUT2D eigenvalue weighted by Gasteiger charge is 1.75. The van der Waals surface area contributed by atoms with E-state index in [9.17, 15) is 0 Å². The summed E-state index contributed by atoms with van der Waals surface area (Å²) in [5.74, 6) is 0. The van der Waals surface area contributed by atoms with E-state index in [2.05, 4.69) is 24.4 Å². The first-order chi connectivity index (χ1) is 5.91. The Morgan fingerprint density at radius 1 is 1.08 bits per heavy atom. The van der Waals surface area contributed by atoms with Crippen LogP contribution in [0.4, 0.5) is 0 Å². The summed E-state index contributed by atoms with van der Waals surface area (Å²) in [5, 5.41) is 3.29. The van der Waals surface area contributed by atoms with Gasteiger partial charge in [0.05, 0.1) is 0 Å². The maximum absolute atomic E-state index is 3.29. The molecule has 0 saturated heterocycles. The summed E-state index contributed by atoms with van der Waals surface area (Å²) < 4.78 is 0. The molecule has 0 aliphatic heterocycles. The molecule has 0 radical (unpaired) electrons. The fourth-order valence-corrected chi connectivity index (χ4v) is 0.748. The lowest BCUT2D eigenvalue weighted by molar-refractivity contribution is 0.729. The van der Waals surface area contributed by atoms with E-state index >= 15 is 0 Å². The lowest BCUT2D eigenvalue weighted by Crippen LogP contribution is -2.13. The normalized spacial score (nSPS) is 12.5. The second-order valence-corrected chi connectivity index (χ2v) is 2.54. The Labute approximate surface area is 75.9 Å². The van der Waals surface area contributed by atoms with Gasteiger partial charge in [0.2, 0.25) is 0 Å². The van der Waals surface area contributed by atoms with Crippen molar-refractivity contribution in [2.45, 2.75) is 20.3 Å². The Balaban J connectivity index is 3.24. The van der Waals surface area contributed by atoms with Gasteiger partial charge in [-0.1, -0.05) is 43.4 Å². The third kappa shape index (κ3) is 9.18. The zero-order valence-corrected chi connectivity index (χ0v) is 8.09. The van der Waals surface area contributed by atoms with Crippen molar-refractivity contribution >= 4 is 0 Å². The van der Waals surface area contributed by atoms with Crippen molar-refractivity contribution in [2.24, 2.45) is 0 Å². The monoisotopic (exact) mass is 165 g/mol. The minimum absolute atomic E-state index is 0.966. The van der Waals surface area contributed by atoms with Crippen LogP contribution in [-0.2, 0) is 0 Å². The van der Waals surface area contributed by atoms with Crippen LogP contribution in [0.2, 0.25) is 0 Å². The Hall–Kier alpha value is -0.820. The zero-order chi connectivity index (χ0) is 9.07. The standard InChI is InChI=1S/C11H19N/c1-3-5-6-7-8-9-11-12-10-4-2/h3,5-9,12H,4,10-11H2,1-2H3/b5-3+,7-6-,9-8-. The highest BCUT2D eigenvalue weighted by Crippen LogP contribution is 1.79. The molecule has 0 amide bonds. The third-order valence-electron chi connectivity index (χ3n) is 1.35. The minimum Gasteiger partial charge on any atom is -0.313 e. The summed E-state index contributed by atoms with van der Waals surface area (Å²) in [6, 6.07) is 0. The summed E-state index contributed by atoms with van der Waals surface area (Å²) in [6.07, 6.45) is 13.5. The maximum atomic E-state index is 3.29. The number of nitrogens with one attached hydrogen (secondary N) is 1. The molecule has 0 unspecified atom stereocenters. The zero-order valence-electron chi connectivity index (χ0n) is 8.09. The molecule has 0 saturated carbocycles. The fourth-order valence-electron chi connectivity index (χ4n) is 0.748. The highest BCUT2D eigenvalue weighted by atomic mass is 14.8. The number of rotatable bonds is 6. The molecular formula is C11H19N. The van der Waals surface area contributed by atoms with Crippen LogP contribution >= 0.6 is 0 Å². The Kier molecular flexibility index (Phi) is 9.48. The van der Waals surface area contributed by atoms with Gasteiger partial charge in [0, 0.05) is 6.54 Å².